The van der Waals surface area contributed by atoms with Gasteiger partial charge in [-0.1, -0.05) is 30.3 Å². The van der Waals surface area contributed by atoms with E-state index in [0.717, 1.165) is 28.1 Å². The smallest absolute Gasteiger partial charge is 0.231 e. The van der Waals surface area contributed by atoms with Gasteiger partial charge >= 0.3 is 0 Å². The number of nitrogens with zero attached hydrogens (tertiary/aromatic N) is 1. The van der Waals surface area contributed by atoms with E-state index in [2.05, 4.69) is 0 Å². The lowest BCUT2D eigenvalue weighted by Gasteiger charge is -2.40. The zero-order valence-electron chi connectivity index (χ0n) is 15.6. The summed E-state index contributed by atoms with van der Waals surface area (Å²) < 4.78 is 29.9. The van der Waals surface area contributed by atoms with Crippen molar-refractivity contribution in [1.29, 1.82) is 0 Å². The van der Waals surface area contributed by atoms with Gasteiger partial charge in [0.25, 0.3) is 0 Å². The Hall–Kier alpha value is -3.09. The molecule has 0 aromatic heterocycles. The van der Waals surface area contributed by atoms with E-state index >= 15 is 0 Å². The molecule has 6 heteroatoms. The predicted molar refractivity (Wildman–Crippen MR) is 105 cm³/mol. The van der Waals surface area contributed by atoms with Gasteiger partial charge in [0.05, 0.1) is 0 Å². The lowest BCUT2D eigenvalue weighted by Crippen LogP contribution is -2.46. The van der Waals surface area contributed by atoms with Crippen molar-refractivity contribution in [2.24, 2.45) is 0 Å². The molecule has 0 saturated carbocycles. The molecule has 2 atom stereocenters. The zero-order valence-corrected chi connectivity index (χ0v) is 15.6. The third kappa shape index (κ3) is 2.33. The standard InChI is InChI=1S/C23H18FNO4/c24-16-7-5-15(6-8-16)11-25(26)12-23(17-3-1-2-4-19(17)25)13-27-20-10-22-21(9-18(20)23)28-14-29-22/h1-10H,11-14H2. The van der Waals surface area contributed by atoms with Crippen molar-refractivity contribution < 1.29 is 18.6 Å². The summed E-state index contributed by atoms with van der Waals surface area (Å²) in [5, 5.41) is 14.1. The van der Waals surface area contributed by atoms with Gasteiger partial charge in [0, 0.05) is 22.8 Å². The molecule has 3 aliphatic rings. The van der Waals surface area contributed by atoms with Crippen molar-refractivity contribution in [1.82, 2.24) is 4.65 Å². The molecule has 3 aromatic carbocycles. The van der Waals surface area contributed by atoms with Crippen LogP contribution in [0.15, 0.2) is 60.7 Å². The topological polar surface area (TPSA) is 50.8 Å². The number of halogens is 1. The SMILES string of the molecule is [O-][N+]1(Cc2ccc(F)cc2)CC2(COc3cc4c(cc32)OCO4)c2ccccc21. The molecule has 3 aliphatic heterocycles. The van der Waals surface area contributed by atoms with Crippen molar-refractivity contribution in [2.75, 3.05) is 19.9 Å². The van der Waals surface area contributed by atoms with Crippen LogP contribution in [0.4, 0.5) is 10.1 Å². The highest BCUT2D eigenvalue weighted by atomic mass is 19.1. The molecule has 3 aromatic rings. The van der Waals surface area contributed by atoms with Gasteiger partial charge < -0.3 is 24.1 Å². The number of hydrogen-bond acceptors (Lipinski definition) is 4. The molecule has 0 saturated heterocycles. The molecule has 5 nitrogen and oxygen atoms in total. The number of benzene rings is 3. The molecule has 0 amide bonds. The van der Waals surface area contributed by atoms with Gasteiger partial charge in [-0.3, -0.25) is 0 Å². The summed E-state index contributed by atoms with van der Waals surface area (Å²) in [6, 6.07) is 17.7. The van der Waals surface area contributed by atoms with Crippen LogP contribution in [-0.2, 0) is 12.0 Å². The van der Waals surface area contributed by atoms with Crippen molar-refractivity contribution in [3.63, 3.8) is 0 Å². The van der Waals surface area contributed by atoms with Crippen molar-refractivity contribution >= 4 is 5.69 Å². The summed E-state index contributed by atoms with van der Waals surface area (Å²) in [6.45, 7) is 1.14. The number of para-hydroxylation sites is 1. The van der Waals surface area contributed by atoms with E-state index in [0.29, 0.717) is 24.7 Å². The highest BCUT2D eigenvalue weighted by Crippen LogP contribution is 2.56. The molecular formula is C23H18FNO4. The van der Waals surface area contributed by atoms with Crippen LogP contribution in [0.1, 0.15) is 16.7 Å². The average Bonchev–Trinajstić information content (AvgIpc) is 3.39. The Morgan fingerprint density at radius 3 is 2.48 bits per heavy atom. The zero-order chi connectivity index (χ0) is 19.6. The Morgan fingerprint density at radius 1 is 0.897 bits per heavy atom. The summed E-state index contributed by atoms with van der Waals surface area (Å²) in [7, 11) is 0. The van der Waals surface area contributed by atoms with E-state index in [1.165, 1.54) is 12.1 Å². The number of rotatable bonds is 2. The first-order valence-electron chi connectivity index (χ1n) is 9.57. The van der Waals surface area contributed by atoms with Crippen LogP contribution >= 0.6 is 0 Å². The molecule has 3 heterocycles. The minimum Gasteiger partial charge on any atom is -0.627 e. The second kappa shape index (κ2) is 5.72. The molecule has 29 heavy (non-hydrogen) atoms. The van der Waals surface area contributed by atoms with Gasteiger partial charge in [0.2, 0.25) is 6.79 Å². The average molecular weight is 391 g/mol. The Balaban J connectivity index is 1.48. The number of fused-ring (bicyclic) bond motifs is 5. The van der Waals surface area contributed by atoms with Gasteiger partial charge in [0.15, 0.2) is 11.5 Å². The fourth-order valence-electron chi connectivity index (χ4n) is 4.91. The van der Waals surface area contributed by atoms with Gasteiger partial charge in [-0.25, -0.2) is 4.39 Å². The Kier molecular flexibility index (Phi) is 3.32. The predicted octanol–water partition coefficient (Wildman–Crippen LogP) is 4.25. The lowest BCUT2D eigenvalue weighted by atomic mass is 9.77. The normalized spacial score (nSPS) is 25.7. The van der Waals surface area contributed by atoms with Crippen LogP contribution in [0, 0.1) is 11.0 Å². The number of hydroxylamine groups is 2. The van der Waals surface area contributed by atoms with Crippen LogP contribution < -0.4 is 18.9 Å². The molecule has 6 rings (SSSR count). The number of ether oxygens (including phenoxy) is 3. The Bertz CT molecular complexity index is 1130. The van der Waals surface area contributed by atoms with Crippen molar-refractivity contribution in [2.45, 2.75) is 12.0 Å². The quantitative estimate of drug-likeness (QED) is 0.484. The van der Waals surface area contributed by atoms with Crippen molar-refractivity contribution in [3.05, 3.63) is 88.4 Å². The molecule has 2 unspecified atom stereocenters. The van der Waals surface area contributed by atoms with Gasteiger partial charge in [-0.15, -0.1) is 0 Å². The van der Waals surface area contributed by atoms with E-state index in [1.807, 2.05) is 36.4 Å². The Labute approximate surface area is 167 Å². The monoisotopic (exact) mass is 391 g/mol. The first kappa shape index (κ1) is 16.8. The maximum atomic E-state index is 14.1. The molecule has 146 valence electrons. The minimum absolute atomic E-state index is 0.188. The summed E-state index contributed by atoms with van der Waals surface area (Å²) in [6.07, 6.45) is 0. The molecular weight excluding hydrogens is 373 g/mol. The molecule has 1 spiro atoms. The summed E-state index contributed by atoms with van der Waals surface area (Å²) in [4.78, 5) is 0. The fraction of sp³-hybridized carbons (Fsp3) is 0.217. The van der Waals surface area contributed by atoms with E-state index in [9.17, 15) is 9.60 Å². The number of quaternary nitrogens is 1. The maximum Gasteiger partial charge on any atom is 0.231 e. The molecule has 0 radical (unpaired) electrons. The molecule has 0 aliphatic carbocycles. The van der Waals surface area contributed by atoms with Crippen LogP contribution in [-0.4, -0.2) is 19.9 Å². The highest BCUT2D eigenvalue weighted by Gasteiger charge is 2.56. The fourth-order valence-corrected chi connectivity index (χ4v) is 4.91. The largest absolute Gasteiger partial charge is 0.627 e. The molecule has 0 N–H and O–H groups in total. The van der Waals surface area contributed by atoms with E-state index < -0.39 is 10.1 Å². The first-order chi connectivity index (χ1) is 14.1. The minimum atomic E-state index is -0.547. The molecule has 0 fully saturated rings. The third-order valence-electron chi connectivity index (χ3n) is 6.20. The van der Waals surface area contributed by atoms with Gasteiger partial charge in [-0.05, 0) is 24.3 Å². The first-order valence-corrected chi connectivity index (χ1v) is 9.57. The van der Waals surface area contributed by atoms with Gasteiger partial charge in [0.1, 0.15) is 42.4 Å². The van der Waals surface area contributed by atoms with Gasteiger partial charge in [-0.2, -0.15) is 0 Å². The van der Waals surface area contributed by atoms with Crippen molar-refractivity contribution in [3.8, 4) is 17.2 Å². The Morgan fingerprint density at radius 2 is 1.66 bits per heavy atom. The molecule has 0 bridgehead atoms. The second-order valence-corrected chi connectivity index (χ2v) is 7.92. The van der Waals surface area contributed by atoms with Crippen LogP contribution in [0.2, 0.25) is 0 Å². The van der Waals surface area contributed by atoms with E-state index in [4.69, 9.17) is 14.2 Å². The third-order valence-corrected chi connectivity index (χ3v) is 6.20. The maximum absolute atomic E-state index is 14.1. The lowest BCUT2D eigenvalue weighted by molar-refractivity contribution is 0.173. The van der Waals surface area contributed by atoms with E-state index in [1.54, 1.807) is 12.1 Å². The van der Waals surface area contributed by atoms with Crippen LogP contribution in [0.3, 0.4) is 0 Å². The summed E-state index contributed by atoms with van der Waals surface area (Å²) in [5.41, 5.74) is 2.93. The van der Waals surface area contributed by atoms with E-state index in [-0.39, 0.29) is 19.2 Å². The summed E-state index contributed by atoms with van der Waals surface area (Å²) >= 11 is 0. The van der Waals surface area contributed by atoms with Crippen LogP contribution in [0.5, 0.6) is 17.2 Å². The number of hydrogen-bond donors (Lipinski definition) is 0. The van der Waals surface area contributed by atoms with Crippen LogP contribution in [0.25, 0.3) is 0 Å². The summed E-state index contributed by atoms with van der Waals surface area (Å²) in [5.74, 6) is 1.78. The second-order valence-electron chi connectivity index (χ2n) is 7.92. The highest BCUT2D eigenvalue weighted by molar-refractivity contribution is 5.69.